The van der Waals surface area contributed by atoms with Crippen LogP contribution in [0.25, 0.3) is 0 Å². The van der Waals surface area contributed by atoms with E-state index in [1.54, 1.807) is 6.20 Å². The maximum atomic E-state index is 13.3. The number of nitrogens with one attached hydrogen (secondary N) is 1. The van der Waals surface area contributed by atoms with Gasteiger partial charge in [0.15, 0.2) is 0 Å². The molecule has 1 aromatic heterocycles. The lowest BCUT2D eigenvalue weighted by molar-refractivity contribution is -0.0173. The summed E-state index contributed by atoms with van der Waals surface area (Å²) in [6, 6.07) is 10.5. The van der Waals surface area contributed by atoms with Gasteiger partial charge in [-0.3, -0.25) is 0 Å². The number of hydrogen-bond acceptors (Lipinski definition) is 4. The van der Waals surface area contributed by atoms with Crippen LogP contribution in [0.5, 0.6) is 0 Å². The van der Waals surface area contributed by atoms with Gasteiger partial charge in [-0.05, 0) is 56.4 Å². The fourth-order valence-corrected chi connectivity index (χ4v) is 5.24. The molecule has 1 aliphatic carbocycles. The number of rotatable bonds is 4. The minimum Gasteiger partial charge on any atom is -0.458 e. The number of esters is 1. The van der Waals surface area contributed by atoms with Crippen molar-refractivity contribution < 1.29 is 9.53 Å². The van der Waals surface area contributed by atoms with E-state index >= 15 is 0 Å². The third-order valence-electron chi connectivity index (χ3n) is 7.00. The third kappa shape index (κ3) is 3.99. The summed E-state index contributed by atoms with van der Waals surface area (Å²) in [5.41, 5.74) is 1.57. The van der Waals surface area contributed by atoms with Crippen molar-refractivity contribution in [1.82, 2.24) is 9.78 Å². The van der Waals surface area contributed by atoms with Crippen molar-refractivity contribution in [3.8, 4) is 0 Å². The Balaban J connectivity index is 1.59. The SMILES string of the molecule is CC(C)[C@H]1CC[C@H](C)CC1OC(=O)c1cnn2c1NC(c1ccccc1)CC2(C)C. The molecule has 1 saturated carbocycles. The number of fused-ring (bicyclic) bond motifs is 1. The molecule has 5 heteroatoms. The Morgan fingerprint density at radius 3 is 2.67 bits per heavy atom. The van der Waals surface area contributed by atoms with Crippen molar-refractivity contribution in [3.05, 3.63) is 47.7 Å². The number of hydrogen-bond donors (Lipinski definition) is 1. The molecule has 2 aliphatic rings. The van der Waals surface area contributed by atoms with Gasteiger partial charge in [-0.25, -0.2) is 9.48 Å². The van der Waals surface area contributed by atoms with E-state index in [9.17, 15) is 4.79 Å². The standard InChI is InChI=1S/C25H35N3O2/c1-16(2)19-12-11-17(3)13-22(19)30-24(29)20-15-26-28-23(20)27-21(14-25(28,4)5)18-9-7-6-8-10-18/h6-10,15-17,19,21-22,27H,11-14H2,1-5H3/t17-,19+,21?,22?/m0/s1. The van der Waals surface area contributed by atoms with Gasteiger partial charge < -0.3 is 10.1 Å². The molecule has 1 aliphatic heterocycles. The summed E-state index contributed by atoms with van der Waals surface area (Å²) in [6.07, 6.45) is 5.85. The number of carbonyl (C=O) groups is 1. The highest BCUT2D eigenvalue weighted by atomic mass is 16.5. The predicted octanol–water partition coefficient (Wildman–Crippen LogP) is 5.79. The quantitative estimate of drug-likeness (QED) is 0.649. The van der Waals surface area contributed by atoms with Crippen molar-refractivity contribution in [1.29, 1.82) is 0 Å². The van der Waals surface area contributed by atoms with Crippen LogP contribution in [0, 0.1) is 17.8 Å². The number of aromatic nitrogens is 2. The molecule has 1 aromatic carbocycles. The van der Waals surface area contributed by atoms with Gasteiger partial charge in [-0.15, -0.1) is 0 Å². The highest BCUT2D eigenvalue weighted by molar-refractivity contribution is 5.95. The molecule has 0 saturated heterocycles. The highest BCUT2D eigenvalue weighted by Crippen LogP contribution is 2.41. The molecule has 5 nitrogen and oxygen atoms in total. The van der Waals surface area contributed by atoms with Crippen molar-refractivity contribution in [2.75, 3.05) is 5.32 Å². The zero-order valence-corrected chi connectivity index (χ0v) is 18.9. The Labute approximate surface area is 180 Å². The number of carbonyl (C=O) groups excluding carboxylic acids is 1. The highest BCUT2D eigenvalue weighted by Gasteiger charge is 2.39. The lowest BCUT2D eigenvalue weighted by Gasteiger charge is -2.39. The summed E-state index contributed by atoms with van der Waals surface area (Å²) < 4.78 is 8.07. The Morgan fingerprint density at radius 2 is 1.97 bits per heavy atom. The monoisotopic (exact) mass is 409 g/mol. The first-order valence-corrected chi connectivity index (χ1v) is 11.4. The average Bonchev–Trinajstić information content (AvgIpc) is 3.13. The largest absolute Gasteiger partial charge is 0.458 e. The molecule has 162 valence electrons. The zero-order chi connectivity index (χ0) is 21.5. The average molecular weight is 410 g/mol. The molecule has 0 spiro atoms. The van der Waals surface area contributed by atoms with E-state index in [2.05, 4.69) is 69.3 Å². The van der Waals surface area contributed by atoms with Gasteiger partial charge in [0, 0.05) is 0 Å². The van der Waals surface area contributed by atoms with Gasteiger partial charge >= 0.3 is 5.97 Å². The van der Waals surface area contributed by atoms with Crippen LogP contribution in [0.1, 0.15) is 82.3 Å². The van der Waals surface area contributed by atoms with Gasteiger partial charge in [0.25, 0.3) is 0 Å². The molecule has 1 fully saturated rings. The second-order valence-electron chi connectivity index (χ2n) is 10.2. The first-order chi connectivity index (χ1) is 14.3. The Hall–Kier alpha value is -2.30. The second kappa shape index (κ2) is 8.09. The third-order valence-corrected chi connectivity index (χ3v) is 7.00. The van der Waals surface area contributed by atoms with E-state index in [1.165, 1.54) is 12.0 Å². The summed E-state index contributed by atoms with van der Waals surface area (Å²) in [5.74, 6) is 2.06. The number of ether oxygens (including phenoxy) is 1. The first kappa shape index (κ1) is 21.0. The van der Waals surface area contributed by atoms with Crippen molar-refractivity contribution in [2.45, 2.75) is 78.0 Å². The van der Waals surface area contributed by atoms with Crippen LogP contribution < -0.4 is 5.32 Å². The zero-order valence-electron chi connectivity index (χ0n) is 18.9. The van der Waals surface area contributed by atoms with E-state index in [0.717, 1.165) is 25.1 Å². The lowest BCUT2D eigenvalue weighted by Crippen LogP contribution is -2.38. The number of nitrogens with zero attached hydrogens (tertiary/aromatic N) is 2. The van der Waals surface area contributed by atoms with E-state index in [4.69, 9.17) is 4.74 Å². The normalized spacial score (nSPS) is 27.9. The fraction of sp³-hybridized carbons (Fsp3) is 0.600. The van der Waals surface area contributed by atoms with Crippen molar-refractivity contribution in [3.63, 3.8) is 0 Å². The van der Waals surface area contributed by atoms with Crippen molar-refractivity contribution in [2.24, 2.45) is 17.8 Å². The fourth-order valence-electron chi connectivity index (χ4n) is 5.24. The number of benzene rings is 1. The molecular weight excluding hydrogens is 374 g/mol. The van der Waals surface area contributed by atoms with Crippen LogP contribution in [0.4, 0.5) is 5.82 Å². The summed E-state index contributed by atoms with van der Waals surface area (Å²) in [4.78, 5) is 13.3. The molecular formula is C25H35N3O2. The van der Waals surface area contributed by atoms with E-state index < -0.39 is 0 Å². The van der Waals surface area contributed by atoms with Gasteiger partial charge in [0.2, 0.25) is 0 Å². The van der Waals surface area contributed by atoms with Crippen molar-refractivity contribution >= 4 is 11.8 Å². The lowest BCUT2D eigenvalue weighted by atomic mass is 9.75. The topological polar surface area (TPSA) is 56.1 Å². The maximum Gasteiger partial charge on any atom is 0.343 e. The summed E-state index contributed by atoms with van der Waals surface area (Å²) in [6.45, 7) is 11.1. The van der Waals surface area contributed by atoms with Crippen LogP contribution in [0.15, 0.2) is 36.5 Å². The molecule has 4 rings (SSSR count). The van der Waals surface area contributed by atoms with Gasteiger partial charge in [-0.1, -0.05) is 57.5 Å². The predicted molar refractivity (Wildman–Crippen MR) is 120 cm³/mol. The summed E-state index contributed by atoms with van der Waals surface area (Å²) in [7, 11) is 0. The van der Waals surface area contributed by atoms with Crippen LogP contribution >= 0.6 is 0 Å². The Kier molecular flexibility index (Phi) is 5.65. The van der Waals surface area contributed by atoms with Gasteiger partial charge in [0.1, 0.15) is 17.5 Å². The summed E-state index contributed by atoms with van der Waals surface area (Å²) >= 11 is 0. The second-order valence-corrected chi connectivity index (χ2v) is 10.2. The number of anilines is 1. The molecule has 30 heavy (non-hydrogen) atoms. The first-order valence-electron chi connectivity index (χ1n) is 11.4. The van der Waals surface area contributed by atoms with Gasteiger partial charge in [-0.2, -0.15) is 5.10 Å². The van der Waals surface area contributed by atoms with Crippen LogP contribution in [-0.4, -0.2) is 21.9 Å². The molecule has 4 atom stereocenters. The van der Waals surface area contributed by atoms with E-state index in [0.29, 0.717) is 23.3 Å². The molecule has 2 unspecified atom stereocenters. The van der Waals surface area contributed by atoms with Crippen LogP contribution in [0.3, 0.4) is 0 Å². The van der Waals surface area contributed by atoms with Crippen LogP contribution in [0.2, 0.25) is 0 Å². The summed E-state index contributed by atoms with van der Waals surface area (Å²) in [5, 5.41) is 8.15. The molecule has 2 heterocycles. The van der Waals surface area contributed by atoms with Gasteiger partial charge in [0.05, 0.1) is 17.8 Å². The molecule has 1 N–H and O–H groups in total. The van der Waals surface area contributed by atoms with E-state index in [1.807, 2.05) is 10.7 Å². The smallest absolute Gasteiger partial charge is 0.343 e. The minimum atomic E-state index is -0.252. The molecule has 0 radical (unpaired) electrons. The minimum absolute atomic E-state index is 0.0154. The van der Waals surface area contributed by atoms with E-state index in [-0.39, 0.29) is 23.7 Å². The Morgan fingerprint density at radius 1 is 1.23 bits per heavy atom. The maximum absolute atomic E-state index is 13.3. The molecule has 0 amide bonds. The van der Waals surface area contributed by atoms with Crippen LogP contribution in [-0.2, 0) is 10.3 Å². The molecule has 0 bridgehead atoms. The Bertz CT molecular complexity index is 887. The molecule has 2 aromatic rings.